The van der Waals surface area contributed by atoms with Crippen LogP contribution in [-0.2, 0) is 4.79 Å². The van der Waals surface area contributed by atoms with E-state index in [1.807, 2.05) is 30.9 Å². The van der Waals surface area contributed by atoms with Crippen LogP contribution < -0.4 is 5.32 Å². The number of aromatic nitrogens is 4. The molecule has 2 atom stereocenters. The van der Waals surface area contributed by atoms with Crippen molar-refractivity contribution in [1.29, 1.82) is 0 Å². The molecule has 1 aliphatic heterocycles. The van der Waals surface area contributed by atoms with E-state index >= 15 is 0 Å². The fourth-order valence-corrected chi connectivity index (χ4v) is 2.92. The van der Waals surface area contributed by atoms with Gasteiger partial charge in [0.05, 0.1) is 0 Å². The summed E-state index contributed by atoms with van der Waals surface area (Å²) in [4.78, 5) is 18.8. The number of hydrogen-bond acceptors (Lipinski definition) is 5. The molecule has 1 amide bonds. The van der Waals surface area contributed by atoms with Crippen LogP contribution in [0.25, 0.3) is 5.65 Å². The number of nitrogens with one attached hydrogen (secondary N) is 1. The van der Waals surface area contributed by atoms with Crippen molar-refractivity contribution in [2.75, 3.05) is 11.9 Å². The molecule has 0 spiro atoms. The van der Waals surface area contributed by atoms with Gasteiger partial charge in [-0.3, -0.25) is 4.79 Å². The summed E-state index contributed by atoms with van der Waals surface area (Å²) in [6.45, 7) is 6.67. The van der Waals surface area contributed by atoms with E-state index in [1.165, 1.54) is 11.1 Å². The standard InChI is InChI=1S/C15H22N6O/c1-10-6-4-5-9-20(10)15(22)11(2)16-13-7-8-14-17-12(3)18-21(14)19-13/h7-8,10-11H,4-6,9H2,1-3H3,(H,16,19)/t10-,11-/m0/s1. The minimum absolute atomic E-state index is 0.129. The molecule has 0 bridgehead atoms. The lowest BCUT2D eigenvalue weighted by Crippen LogP contribution is -2.48. The van der Waals surface area contributed by atoms with Gasteiger partial charge in [-0.05, 0) is 52.2 Å². The van der Waals surface area contributed by atoms with E-state index in [2.05, 4.69) is 27.4 Å². The van der Waals surface area contributed by atoms with Gasteiger partial charge in [-0.1, -0.05) is 0 Å². The predicted octanol–water partition coefficient (Wildman–Crippen LogP) is 1.63. The first-order valence-corrected chi connectivity index (χ1v) is 7.82. The summed E-state index contributed by atoms with van der Waals surface area (Å²) in [6.07, 6.45) is 3.38. The van der Waals surface area contributed by atoms with Crippen molar-refractivity contribution in [3.8, 4) is 0 Å². The third-order valence-corrected chi connectivity index (χ3v) is 4.13. The van der Waals surface area contributed by atoms with E-state index in [4.69, 9.17) is 0 Å². The summed E-state index contributed by atoms with van der Waals surface area (Å²) >= 11 is 0. The average Bonchev–Trinajstić information content (AvgIpc) is 2.86. The van der Waals surface area contributed by atoms with E-state index in [9.17, 15) is 4.79 Å². The molecule has 3 rings (SSSR count). The zero-order valence-electron chi connectivity index (χ0n) is 13.3. The first kappa shape index (κ1) is 14.7. The number of fused-ring (bicyclic) bond motifs is 1. The first-order valence-electron chi connectivity index (χ1n) is 7.82. The second-order valence-electron chi connectivity index (χ2n) is 5.97. The van der Waals surface area contributed by atoms with Crippen LogP contribution >= 0.6 is 0 Å². The number of aryl methyl sites for hydroxylation is 1. The number of piperidine rings is 1. The lowest BCUT2D eigenvalue weighted by atomic mass is 10.0. The van der Waals surface area contributed by atoms with Gasteiger partial charge in [0.15, 0.2) is 5.65 Å². The molecule has 0 aliphatic carbocycles. The van der Waals surface area contributed by atoms with Crippen LogP contribution in [0, 0.1) is 6.92 Å². The zero-order chi connectivity index (χ0) is 15.7. The van der Waals surface area contributed by atoms with Gasteiger partial charge in [-0.2, -0.15) is 0 Å². The van der Waals surface area contributed by atoms with E-state index in [-0.39, 0.29) is 11.9 Å². The van der Waals surface area contributed by atoms with Crippen molar-refractivity contribution in [1.82, 2.24) is 24.7 Å². The summed E-state index contributed by atoms with van der Waals surface area (Å²) in [7, 11) is 0. The Bertz CT molecular complexity index is 682. The minimum Gasteiger partial charge on any atom is -0.357 e. The Morgan fingerprint density at radius 2 is 2.18 bits per heavy atom. The summed E-state index contributed by atoms with van der Waals surface area (Å²) in [5.74, 6) is 1.43. The normalized spacial score (nSPS) is 20.1. The van der Waals surface area contributed by atoms with Crippen LogP contribution in [0.2, 0.25) is 0 Å². The van der Waals surface area contributed by atoms with E-state index < -0.39 is 0 Å². The topological polar surface area (TPSA) is 75.4 Å². The van der Waals surface area contributed by atoms with Gasteiger partial charge >= 0.3 is 0 Å². The van der Waals surface area contributed by atoms with Gasteiger partial charge in [-0.25, -0.2) is 4.98 Å². The third-order valence-electron chi connectivity index (χ3n) is 4.13. The molecular weight excluding hydrogens is 280 g/mol. The molecule has 0 aromatic carbocycles. The number of hydrogen-bond donors (Lipinski definition) is 1. The van der Waals surface area contributed by atoms with Crippen molar-refractivity contribution in [2.24, 2.45) is 0 Å². The predicted molar refractivity (Wildman–Crippen MR) is 83.6 cm³/mol. The Balaban J connectivity index is 1.71. The monoisotopic (exact) mass is 302 g/mol. The smallest absolute Gasteiger partial charge is 0.245 e. The number of carbonyl (C=O) groups excluding carboxylic acids is 1. The second-order valence-corrected chi connectivity index (χ2v) is 5.97. The van der Waals surface area contributed by atoms with Crippen LogP contribution in [0.4, 0.5) is 5.82 Å². The van der Waals surface area contributed by atoms with Crippen molar-refractivity contribution in [3.05, 3.63) is 18.0 Å². The molecule has 22 heavy (non-hydrogen) atoms. The Hall–Kier alpha value is -2.18. The van der Waals surface area contributed by atoms with Gasteiger partial charge in [0.1, 0.15) is 17.7 Å². The molecule has 1 aliphatic rings. The molecule has 1 saturated heterocycles. The Labute approximate surface area is 129 Å². The minimum atomic E-state index is -0.310. The highest BCUT2D eigenvalue weighted by atomic mass is 16.2. The third kappa shape index (κ3) is 2.88. The summed E-state index contributed by atoms with van der Waals surface area (Å²) in [5, 5.41) is 11.7. The lowest BCUT2D eigenvalue weighted by Gasteiger charge is -2.35. The number of likely N-dealkylation sites (tertiary alicyclic amines) is 1. The van der Waals surface area contributed by atoms with Gasteiger partial charge < -0.3 is 10.2 Å². The maximum Gasteiger partial charge on any atom is 0.245 e. The highest BCUT2D eigenvalue weighted by Crippen LogP contribution is 2.18. The van der Waals surface area contributed by atoms with Gasteiger partial charge in [0.25, 0.3) is 0 Å². The maximum absolute atomic E-state index is 12.6. The Morgan fingerprint density at radius 1 is 1.36 bits per heavy atom. The number of carbonyl (C=O) groups is 1. The zero-order valence-corrected chi connectivity index (χ0v) is 13.3. The van der Waals surface area contributed by atoms with Crippen LogP contribution in [0.5, 0.6) is 0 Å². The van der Waals surface area contributed by atoms with Crippen molar-refractivity contribution in [3.63, 3.8) is 0 Å². The molecule has 1 N–H and O–H groups in total. The number of anilines is 1. The van der Waals surface area contributed by atoms with Crippen LogP contribution in [0.3, 0.4) is 0 Å². The van der Waals surface area contributed by atoms with Crippen LogP contribution in [0.15, 0.2) is 12.1 Å². The van der Waals surface area contributed by atoms with Crippen molar-refractivity contribution < 1.29 is 4.79 Å². The number of nitrogens with zero attached hydrogens (tertiary/aromatic N) is 5. The van der Waals surface area contributed by atoms with Crippen LogP contribution in [0.1, 0.15) is 38.9 Å². The van der Waals surface area contributed by atoms with Gasteiger partial charge in [0, 0.05) is 12.6 Å². The summed E-state index contributed by atoms with van der Waals surface area (Å²) in [5.41, 5.74) is 0.701. The molecule has 2 aromatic rings. The van der Waals surface area contributed by atoms with Gasteiger partial charge in [0.2, 0.25) is 5.91 Å². The van der Waals surface area contributed by atoms with E-state index in [0.717, 1.165) is 19.4 Å². The fraction of sp³-hybridized carbons (Fsp3) is 0.600. The quantitative estimate of drug-likeness (QED) is 0.932. The second kappa shape index (κ2) is 5.90. The number of rotatable bonds is 3. The highest BCUT2D eigenvalue weighted by Gasteiger charge is 2.27. The fourth-order valence-electron chi connectivity index (χ4n) is 2.92. The molecule has 3 heterocycles. The molecule has 118 valence electrons. The molecule has 1 fully saturated rings. The first-order chi connectivity index (χ1) is 10.5. The maximum atomic E-state index is 12.6. The van der Waals surface area contributed by atoms with Crippen LogP contribution in [-0.4, -0.2) is 49.2 Å². The largest absolute Gasteiger partial charge is 0.357 e. The molecule has 2 aromatic heterocycles. The SMILES string of the molecule is Cc1nc2ccc(N[C@@H](C)C(=O)N3CCCC[C@@H]3C)nn2n1. The summed E-state index contributed by atoms with van der Waals surface area (Å²) < 4.78 is 1.48. The molecule has 0 saturated carbocycles. The van der Waals surface area contributed by atoms with E-state index in [1.54, 1.807) is 0 Å². The molecule has 0 radical (unpaired) electrons. The van der Waals surface area contributed by atoms with Gasteiger partial charge in [-0.15, -0.1) is 14.8 Å². The Morgan fingerprint density at radius 3 is 2.95 bits per heavy atom. The average molecular weight is 302 g/mol. The number of amides is 1. The van der Waals surface area contributed by atoms with E-state index in [0.29, 0.717) is 23.3 Å². The van der Waals surface area contributed by atoms with Crippen molar-refractivity contribution in [2.45, 2.75) is 52.1 Å². The molecule has 7 heteroatoms. The molecule has 0 unspecified atom stereocenters. The lowest BCUT2D eigenvalue weighted by molar-refractivity contribution is -0.134. The molecule has 7 nitrogen and oxygen atoms in total. The van der Waals surface area contributed by atoms with Crippen molar-refractivity contribution >= 4 is 17.4 Å². The summed E-state index contributed by atoms with van der Waals surface area (Å²) in [6, 6.07) is 3.68. The highest BCUT2D eigenvalue weighted by molar-refractivity contribution is 5.84. The molecular formula is C15H22N6O. The Kier molecular flexibility index (Phi) is 3.96.